The third-order valence-corrected chi connectivity index (χ3v) is 5.29. The topological polar surface area (TPSA) is 32.7 Å². The van der Waals surface area contributed by atoms with E-state index in [-0.39, 0.29) is 22.8 Å². The highest BCUT2D eigenvalue weighted by Crippen LogP contribution is 2.44. The van der Waals surface area contributed by atoms with Crippen LogP contribution < -0.4 is 0 Å². The fraction of sp³-hybridized carbons (Fsp3) is 0.857. The highest BCUT2D eigenvalue weighted by Gasteiger charge is 2.49. The van der Waals surface area contributed by atoms with Crippen LogP contribution in [0.2, 0.25) is 0 Å². The van der Waals surface area contributed by atoms with E-state index in [9.17, 15) is 4.79 Å². The number of hydrogen-bond acceptors (Lipinski definition) is 3. The maximum Gasteiger partial charge on any atom is 0.253 e. The molecule has 18 heavy (non-hydrogen) atoms. The number of carbonyl (C=O) groups is 1. The Hall–Kier alpha value is -0.510. The first-order valence-electron chi connectivity index (χ1n) is 6.65. The molecule has 0 aromatic heterocycles. The molecule has 2 aliphatic rings. The van der Waals surface area contributed by atoms with Gasteiger partial charge in [0.15, 0.2) is 0 Å². The molecule has 0 radical (unpaired) electrons. The van der Waals surface area contributed by atoms with Crippen LogP contribution in [0.3, 0.4) is 0 Å². The minimum Gasteiger partial charge on any atom is -0.272 e. The van der Waals surface area contributed by atoms with Gasteiger partial charge >= 0.3 is 0 Å². The first kappa shape index (κ1) is 13.9. The van der Waals surface area contributed by atoms with Crippen molar-refractivity contribution in [3.8, 4) is 0 Å². The molecule has 0 spiro atoms. The van der Waals surface area contributed by atoms with Crippen LogP contribution in [0.15, 0.2) is 5.10 Å². The Balaban J connectivity index is 2.33. The molecule has 102 valence electrons. The van der Waals surface area contributed by atoms with E-state index >= 15 is 0 Å². The molecule has 2 rings (SSSR count). The van der Waals surface area contributed by atoms with Crippen LogP contribution in [-0.4, -0.2) is 33.2 Å². The van der Waals surface area contributed by atoms with Crippen LogP contribution in [0.5, 0.6) is 0 Å². The van der Waals surface area contributed by atoms with E-state index in [1.54, 1.807) is 5.01 Å². The zero-order valence-corrected chi connectivity index (χ0v) is 13.1. The van der Waals surface area contributed by atoms with Crippen LogP contribution in [0, 0.1) is 11.3 Å². The van der Waals surface area contributed by atoms with Gasteiger partial charge in [0.2, 0.25) is 0 Å². The highest BCUT2D eigenvalue weighted by atomic mass is 32.2. The molecule has 0 aromatic carbocycles. The Morgan fingerprint density at radius 2 is 1.83 bits per heavy atom. The van der Waals surface area contributed by atoms with Crippen molar-refractivity contribution in [2.24, 2.45) is 16.4 Å². The van der Waals surface area contributed by atoms with Gasteiger partial charge in [0.25, 0.3) is 5.91 Å². The lowest BCUT2D eigenvalue weighted by Gasteiger charge is -2.38. The van der Waals surface area contributed by atoms with Crippen molar-refractivity contribution in [1.29, 1.82) is 0 Å². The van der Waals surface area contributed by atoms with Crippen molar-refractivity contribution in [2.45, 2.75) is 58.8 Å². The molecule has 2 unspecified atom stereocenters. The second-order valence-corrected chi connectivity index (χ2v) is 8.55. The molecule has 0 aliphatic carbocycles. The van der Waals surface area contributed by atoms with Crippen molar-refractivity contribution in [3.05, 3.63) is 0 Å². The molecule has 1 amide bonds. The van der Waals surface area contributed by atoms with E-state index in [1.165, 1.54) is 0 Å². The summed E-state index contributed by atoms with van der Waals surface area (Å²) in [6.07, 6.45) is 0.959. The molecule has 2 aliphatic heterocycles. The Kier molecular flexibility index (Phi) is 3.29. The minimum absolute atomic E-state index is 0.00275. The number of amides is 1. The van der Waals surface area contributed by atoms with Gasteiger partial charge in [0.05, 0.1) is 17.2 Å². The van der Waals surface area contributed by atoms with Crippen molar-refractivity contribution in [2.75, 3.05) is 5.75 Å². The Morgan fingerprint density at radius 1 is 1.22 bits per heavy atom. The van der Waals surface area contributed by atoms with E-state index < -0.39 is 0 Å². The van der Waals surface area contributed by atoms with Gasteiger partial charge < -0.3 is 0 Å². The molecule has 1 fully saturated rings. The summed E-state index contributed by atoms with van der Waals surface area (Å²) in [6, 6.07) is 0. The summed E-state index contributed by atoms with van der Waals surface area (Å²) >= 11 is 1.93. The summed E-state index contributed by atoms with van der Waals surface area (Å²) in [4.78, 5) is 12.6. The van der Waals surface area contributed by atoms with Gasteiger partial charge in [-0.05, 0) is 38.4 Å². The van der Waals surface area contributed by atoms with Gasteiger partial charge in [-0.1, -0.05) is 20.8 Å². The predicted octanol–water partition coefficient (Wildman–Crippen LogP) is 3.15. The van der Waals surface area contributed by atoms with Crippen molar-refractivity contribution >= 4 is 23.4 Å². The van der Waals surface area contributed by atoms with Crippen LogP contribution in [0.4, 0.5) is 0 Å². The van der Waals surface area contributed by atoms with Gasteiger partial charge in [0.1, 0.15) is 0 Å². The smallest absolute Gasteiger partial charge is 0.253 e. The summed E-state index contributed by atoms with van der Waals surface area (Å²) in [5.41, 5.74) is 1.03. The Bertz CT molecular complexity index is 390. The standard InChI is InChI=1S/C14H24N2OS/c1-13(2,3)11-10-9(7-8-18-11)15-16(12(10)17)14(4,5)6/h10-11H,7-8H2,1-6H3. The molecule has 0 bridgehead atoms. The summed E-state index contributed by atoms with van der Waals surface area (Å²) in [7, 11) is 0. The second kappa shape index (κ2) is 4.26. The van der Waals surface area contributed by atoms with Gasteiger partial charge in [0, 0.05) is 5.25 Å². The number of hydrazone groups is 1. The van der Waals surface area contributed by atoms with E-state index in [1.807, 2.05) is 32.5 Å². The molecule has 3 nitrogen and oxygen atoms in total. The lowest BCUT2D eigenvalue weighted by atomic mass is 9.80. The van der Waals surface area contributed by atoms with E-state index in [0.717, 1.165) is 17.9 Å². The normalized spacial score (nSPS) is 29.3. The number of nitrogens with zero attached hydrogens (tertiary/aromatic N) is 2. The third kappa shape index (κ3) is 2.31. The lowest BCUT2D eigenvalue weighted by Crippen LogP contribution is -2.47. The average molecular weight is 268 g/mol. The summed E-state index contributed by atoms with van der Waals surface area (Å²) in [5, 5.41) is 6.67. The van der Waals surface area contributed by atoms with E-state index in [2.05, 4.69) is 25.9 Å². The molecule has 0 saturated carbocycles. The molecule has 0 N–H and O–H groups in total. The molecular weight excluding hydrogens is 244 g/mol. The monoisotopic (exact) mass is 268 g/mol. The highest BCUT2D eigenvalue weighted by molar-refractivity contribution is 8.00. The van der Waals surface area contributed by atoms with E-state index in [4.69, 9.17) is 0 Å². The zero-order valence-electron chi connectivity index (χ0n) is 12.3. The van der Waals surface area contributed by atoms with Crippen LogP contribution in [0.1, 0.15) is 48.0 Å². The van der Waals surface area contributed by atoms with Crippen LogP contribution >= 0.6 is 11.8 Å². The van der Waals surface area contributed by atoms with Gasteiger partial charge in [-0.2, -0.15) is 16.9 Å². The van der Waals surface area contributed by atoms with Gasteiger partial charge in [-0.25, -0.2) is 5.01 Å². The molecule has 1 saturated heterocycles. The molecule has 2 atom stereocenters. The maximum atomic E-state index is 12.6. The maximum absolute atomic E-state index is 12.6. The number of hydrogen-bond donors (Lipinski definition) is 0. The van der Waals surface area contributed by atoms with E-state index in [0.29, 0.717) is 5.25 Å². The van der Waals surface area contributed by atoms with Crippen LogP contribution in [0.25, 0.3) is 0 Å². The predicted molar refractivity (Wildman–Crippen MR) is 77.8 cm³/mol. The minimum atomic E-state index is -0.214. The lowest BCUT2D eigenvalue weighted by molar-refractivity contribution is -0.136. The van der Waals surface area contributed by atoms with Crippen molar-refractivity contribution < 1.29 is 4.79 Å². The summed E-state index contributed by atoms with van der Waals surface area (Å²) in [5.74, 6) is 1.29. The van der Waals surface area contributed by atoms with Crippen LogP contribution in [-0.2, 0) is 4.79 Å². The largest absolute Gasteiger partial charge is 0.272 e. The van der Waals surface area contributed by atoms with Crippen molar-refractivity contribution in [3.63, 3.8) is 0 Å². The molecule has 4 heteroatoms. The Labute approximate surface area is 114 Å². The number of thioether (sulfide) groups is 1. The quantitative estimate of drug-likeness (QED) is 0.676. The molecule has 0 aromatic rings. The Morgan fingerprint density at radius 3 is 2.33 bits per heavy atom. The average Bonchev–Trinajstić information content (AvgIpc) is 2.54. The molecular formula is C14H24N2OS. The SMILES string of the molecule is CC(C)(C)C1SCCC2=NN(C(C)(C)C)C(=O)C21. The summed E-state index contributed by atoms with van der Waals surface area (Å²) < 4.78 is 0. The summed E-state index contributed by atoms with van der Waals surface area (Å²) in [6.45, 7) is 12.8. The zero-order chi connectivity index (χ0) is 13.7. The third-order valence-electron chi connectivity index (χ3n) is 3.51. The van der Waals surface area contributed by atoms with Crippen molar-refractivity contribution in [1.82, 2.24) is 5.01 Å². The number of fused-ring (bicyclic) bond motifs is 1. The first-order valence-corrected chi connectivity index (χ1v) is 7.70. The second-order valence-electron chi connectivity index (χ2n) is 7.30. The number of rotatable bonds is 0. The van der Waals surface area contributed by atoms with Gasteiger partial charge in [-0.15, -0.1) is 0 Å². The fourth-order valence-corrected chi connectivity index (χ4v) is 4.19. The van der Waals surface area contributed by atoms with Gasteiger partial charge in [-0.3, -0.25) is 4.79 Å². The fourth-order valence-electron chi connectivity index (χ4n) is 2.64. The number of carbonyl (C=O) groups excluding carboxylic acids is 1. The molecule has 2 heterocycles. The first-order chi connectivity index (χ1) is 8.12.